The molecule has 0 aliphatic carbocycles. The third-order valence-corrected chi connectivity index (χ3v) is 6.79. The average molecular weight is 497 g/mol. The molecule has 1 atom stereocenters. The largest absolute Gasteiger partial charge is 0.325 e. The van der Waals surface area contributed by atoms with Gasteiger partial charge in [-0.05, 0) is 48.4 Å². The molecule has 0 bridgehead atoms. The van der Waals surface area contributed by atoms with Crippen molar-refractivity contribution in [3.8, 4) is 17.3 Å². The van der Waals surface area contributed by atoms with Crippen molar-refractivity contribution in [3.63, 3.8) is 0 Å². The van der Waals surface area contributed by atoms with Crippen LogP contribution in [0.3, 0.4) is 0 Å². The van der Waals surface area contributed by atoms with Gasteiger partial charge in [-0.2, -0.15) is 5.26 Å². The van der Waals surface area contributed by atoms with Crippen molar-refractivity contribution in [2.24, 2.45) is 4.99 Å². The lowest BCUT2D eigenvalue weighted by molar-refractivity contribution is 0.601. The smallest absolute Gasteiger partial charge is 0.262 e. The van der Waals surface area contributed by atoms with Crippen molar-refractivity contribution >= 4 is 27.4 Å². The summed E-state index contributed by atoms with van der Waals surface area (Å²) < 4.78 is 29.1. The Labute approximate surface area is 210 Å². The molecule has 0 saturated carbocycles. The van der Waals surface area contributed by atoms with Crippen LogP contribution in [-0.4, -0.2) is 19.4 Å². The number of pyridine rings is 1. The zero-order chi connectivity index (χ0) is 25.4. The van der Waals surface area contributed by atoms with E-state index in [1.54, 1.807) is 67.0 Å². The first-order valence-electron chi connectivity index (χ1n) is 11.1. The molecule has 0 aliphatic rings. The number of anilines is 2. The monoisotopic (exact) mass is 496 g/mol. The van der Waals surface area contributed by atoms with Gasteiger partial charge >= 0.3 is 0 Å². The molecule has 0 amide bonds. The molecule has 0 aliphatic heterocycles. The van der Waals surface area contributed by atoms with Crippen LogP contribution < -0.4 is 15.4 Å². The Morgan fingerprint density at radius 1 is 0.889 bits per heavy atom. The standard InChI is InChI=1S/C27H24N6O2S/c1-20(31-27(30-19-28)32-23-15-17-29-18-16-23)21-11-13-24(14-12-21)33-36(34,35)26-10-6-5-9-25(26)22-7-3-2-4-8-22/h2-18,20,33H,1H3,(H2,29,30,31,32)/t20-/m1/s1. The van der Waals surface area contributed by atoms with Crippen molar-refractivity contribution in [3.05, 3.63) is 109 Å². The molecule has 0 radical (unpaired) electrons. The van der Waals surface area contributed by atoms with E-state index in [-0.39, 0.29) is 10.9 Å². The molecule has 1 heterocycles. The molecule has 4 aromatic rings. The molecular weight excluding hydrogens is 472 g/mol. The summed E-state index contributed by atoms with van der Waals surface area (Å²) in [6, 6.07) is 26.5. The zero-order valence-electron chi connectivity index (χ0n) is 19.5. The van der Waals surface area contributed by atoms with Crippen molar-refractivity contribution < 1.29 is 8.42 Å². The minimum atomic E-state index is -3.82. The molecule has 8 nitrogen and oxygen atoms in total. The van der Waals surface area contributed by atoms with Gasteiger partial charge in [0.25, 0.3) is 10.0 Å². The predicted octanol–water partition coefficient (Wildman–Crippen LogP) is 5.15. The maximum absolute atomic E-state index is 13.2. The zero-order valence-corrected chi connectivity index (χ0v) is 20.3. The fourth-order valence-electron chi connectivity index (χ4n) is 3.59. The lowest BCUT2D eigenvalue weighted by atomic mass is 10.1. The highest BCUT2D eigenvalue weighted by Gasteiger charge is 2.19. The maximum atomic E-state index is 13.2. The van der Waals surface area contributed by atoms with Gasteiger partial charge in [-0.25, -0.2) is 13.4 Å². The summed E-state index contributed by atoms with van der Waals surface area (Å²) in [5.41, 5.74) is 3.46. The van der Waals surface area contributed by atoms with E-state index in [0.717, 1.165) is 16.8 Å². The van der Waals surface area contributed by atoms with E-state index < -0.39 is 10.0 Å². The first-order chi connectivity index (χ1) is 17.5. The number of nitriles is 1. The fraction of sp³-hybridized carbons (Fsp3) is 0.0741. The van der Waals surface area contributed by atoms with Gasteiger partial charge in [0.15, 0.2) is 6.19 Å². The SMILES string of the molecule is C[C@@H](N=C(NC#N)Nc1ccncc1)c1ccc(NS(=O)(=O)c2ccccc2-c2ccccc2)cc1. The van der Waals surface area contributed by atoms with Gasteiger partial charge in [0.05, 0.1) is 10.9 Å². The summed E-state index contributed by atoms with van der Waals surface area (Å²) in [5, 5.41) is 14.7. The molecule has 1 aromatic heterocycles. The molecule has 180 valence electrons. The van der Waals surface area contributed by atoms with Crippen LogP contribution in [0, 0.1) is 11.5 Å². The third kappa shape index (κ3) is 6.05. The van der Waals surface area contributed by atoms with E-state index in [1.807, 2.05) is 49.5 Å². The van der Waals surface area contributed by atoms with Gasteiger partial charge < -0.3 is 5.32 Å². The van der Waals surface area contributed by atoms with Crippen LogP contribution in [0.15, 0.2) is 113 Å². The molecular formula is C27H24N6O2S. The number of guanidine groups is 1. The Morgan fingerprint density at radius 3 is 2.25 bits per heavy atom. The highest BCUT2D eigenvalue weighted by molar-refractivity contribution is 7.92. The van der Waals surface area contributed by atoms with Crippen LogP contribution >= 0.6 is 0 Å². The van der Waals surface area contributed by atoms with E-state index >= 15 is 0 Å². The van der Waals surface area contributed by atoms with Gasteiger partial charge in [-0.1, -0.05) is 60.7 Å². The first-order valence-corrected chi connectivity index (χ1v) is 12.6. The minimum absolute atomic E-state index is 0.202. The van der Waals surface area contributed by atoms with Crippen molar-refractivity contribution in [2.45, 2.75) is 17.9 Å². The van der Waals surface area contributed by atoms with E-state index in [9.17, 15) is 8.42 Å². The molecule has 4 rings (SSSR count). The quantitative estimate of drug-likeness (QED) is 0.141. The number of hydrogen-bond acceptors (Lipinski definition) is 5. The number of benzene rings is 3. The summed E-state index contributed by atoms with van der Waals surface area (Å²) in [6.45, 7) is 1.88. The molecule has 3 aromatic carbocycles. The lowest BCUT2D eigenvalue weighted by Crippen LogP contribution is -2.27. The van der Waals surface area contributed by atoms with Crippen LogP contribution in [0.25, 0.3) is 11.1 Å². The summed E-state index contributed by atoms with van der Waals surface area (Å²) >= 11 is 0. The van der Waals surface area contributed by atoms with Gasteiger partial charge in [0.1, 0.15) is 0 Å². The van der Waals surface area contributed by atoms with Crippen LogP contribution in [0.4, 0.5) is 11.4 Å². The fourth-order valence-corrected chi connectivity index (χ4v) is 4.88. The second kappa shape index (κ2) is 11.2. The normalized spacial score (nSPS) is 12.3. The van der Waals surface area contributed by atoms with E-state index in [4.69, 9.17) is 5.26 Å². The highest BCUT2D eigenvalue weighted by atomic mass is 32.2. The van der Waals surface area contributed by atoms with Gasteiger partial charge in [-0.3, -0.25) is 15.0 Å². The summed E-state index contributed by atoms with van der Waals surface area (Å²) in [5.74, 6) is 0.290. The molecule has 36 heavy (non-hydrogen) atoms. The van der Waals surface area contributed by atoms with Crippen LogP contribution in [-0.2, 0) is 10.0 Å². The van der Waals surface area contributed by atoms with E-state index in [2.05, 4.69) is 25.3 Å². The molecule has 0 spiro atoms. The molecule has 0 fully saturated rings. The van der Waals surface area contributed by atoms with Gasteiger partial charge in [0, 0.05) is 29.3 Å². The summed E-state index contributed by atoms with van der Waals surface area (Å²) in [7, 11) is -3.82. The average Bonchev–Trinajstić information content (AvgIpc) is 2.90. The Bertz CT molecular complexity index is 1480. The second-order valence-corrected chi connectivity index (χ2v) is 9.49. The Morgan fingerprint density at radius 2 is 1.56 bits per heavy atom. The van der Waals surface area contributed by atoms with Crippen molar-refractivity contribution in [1.29, 1.82) is 5.26 Å². The molecule has 3 N–H and O–H groups in total. The third-order valence-electron chi connectivity index (χ3n) is 5.35. The number of nitrogens with one attached hydrogen (secondary N) is 3. The first kappa shape index (κ1) is 24.4. The Balaban J connectivity index is 1.52. The Hall–Kier alpha value is -4.68. The number of hydrogen-bond donors (Lipinski definition) is 3. The number of aromatic nitrogens is 1. The maximum Gasteiger partial charge on any atom is 0.262 e. The van der Waals surface area contributed by atoms with Crippen LogP contribution in [0.1, 0.15) is 18.5 Å². The van der Waals surface area contributed by atoms with Crippen molar-refractivity contribution in [1.82, 2.24) is 10.3 Å². The summed E-state index contributed by atoms with van der Waals surface area (Å²) in [6.07, 6.45) is 5.14. The minimum Gasteiger partial charge on any atom is -0.325 e. The van der Waals surface area contributed by atoms with E-state index in [0.29, 0.717) is 17.2 Å². The van der Waals surface area contributed by atoms with Crippen LogP contribution in [0.5, 0.6) is 0 Å². The number of rotatable bonds is 7. The number of aliphatic imine (C=N–C) groups is 1. The van der Waals surface area contributed by atoms with Crippen LogP contribution in [0.2, 0.25) is 0 Å². The summed E-state index contributed by atoms with van der Waals surface area (Å²) in [4.78, 5) is 8.71. The topological polar surface area (TPSA) is 119 Å². The lowest BCUT2D eigenvalue weighted by Gasteiger charge is -2.14. The molecule has 9 heteroatoms. The highest BCUT2D eigenvalue weighted by Crippen LogP contribution is 2.29. The van der Waals surface area contributed by atoms with Crippen molar-refractivity contribution in [2.75, 3.05) is 10.0 Å². The van der Waals surface area contributed by atoms with E-state index in [1.165, 1.54) is 0 Å². The molecule has 0 unspecified atom stereocenters. The van der Waals surface area contributed by atoms with Gasteiger partial charge in [-0.15, -0.1) is 0 Å². The number of nitrogens with zero attached hydrogens (tertiary/aromatic N) is 3. The predicted molar refractivity (Wildman–Crippen MR) is 142 cm³/mol. The molecule has 0 saturated heterocycles. The van der Waals surface area contributed by atoms with Gasteiger partial charge in [0.2, 0.25) is 5.96 Å². The Kier molecular flexibility index (Phi) is 7.58. The second-order valence-electron chi connectivity index (χ2n) is 7.84. The number of sulfonamides is 1.